The molecule has 0 bridgehead atoms. The van der Waals surface area contributed by atoms with Crippen molar-refractivity contribution in [2.24, 2.45) is 7.05 Å². The second-order valence-corrected chi connectivity index (χ2v) is 12.9. The number of halogens is 1. The summed E-state index contributed by atoms with van der Waals surface area (Å²) >= 11 is 3.62. The molecule has 0 fully saturated rings. The Morgan fingerprint density at radius 3 is 2.55 bits per heavy atom. The van der Waals surface area contributed by atoms with E-state index in [-0.39, 0.29) is 0 Å². The normalized spacial score (nSPS) is 11.2. The lowest BCUT2D eigenvalue weighted by atomic mass is 10.0. The Kier molecular flexibility index (Phi) is 9.15. The van der Waals surface area contributed by atoms with Crippen molar-refractivity contribution in [1.29, 1.82) is 0 Å². The maximum absolute atomic E-state index is 5.81. The Balaban J connectivity index is 1.52. The molecule has 11 nitrogen and oxygen atoms in total. The molecule has 3 heterocycles. The quantitative estimate of drug-likeness (QED) is 0.177. The van der Waals surface area contributed by atoms with E-state index < -0.39 is 7.92 Å². The van der Waals surface area contributed by atoms with Crippen LogP contribution in [0.15, 0.2) is 59.7 Å². The number of rotatable bonds is 11. The van der Waals surface area contributed by atoms with Crippen molar-refractivity contribution < 1.29 is 9.47 Å². The number of likely N-dealkylation sites (N-methyl/N-ethyl adjacent to an activating group) is 1. The van der Waals surface area contributed by atoms with Crippen LogP contribution in [0.2, 0.25) is 0 Å². The van der Waals surface area contributed by atoms with Crippen LogP contribution in [-0.2, 0) is 11.8 Å². The fraction of sp³-hybridized carbons (Fsp3) is 0.276. The first kappa shape index (κ1) is 29.6. The van der Waals surface area contributed by atoms with Gasteiger partial charge in [0.25, 0.3) is 0 Å². The van der Waals surface area contributed by atoms with E-state index in [4.69, 9.17) is 14.5 Å². The highest BCUT2D eigenvalue weighted by Gasteiger charge is 2.19. The summed E-state index contributed by atoms with van der Waals surface area (Å²) in [6, 6.07) is 8.04. The van der Waals surface area contributed by atoms with E-state index in [2.05, 4.69) is 64.8 Å². The minimum atomic E-state index is -0.488. The Labute approximate surface area is 254 Å². The van der Waals surface area contributed by atoms with Crippen LogP contribution in [0.5, 0.6) is 5.75 Å². The summed E-state index contributed by atoms with van der Waals surface area (Å²) < 4.78 is 13.6. The van der Waals surface area contributed by atoms with Crippen molar-refractivity contribution in [2.45, 2.75) is 0 Å². The predicted molar refractivity (Wildman–Crippen MR) is 175 cm³/mol. The van der Waals surface area contributed by atoms with Crippen LogP contribution < -0.4 is 25.6 Å². The molecule has 0 radical (unpaired) electrons. The number of hydrogen-bond donors (Lipinski definition) is 2. The Morgan fingerprint density at radius 2 is 1.83 bits per heavy atom. The van der Waals surface area contributed by atoms with Gasteiger partial charge in [-0.2, -0.15) is 10.1 Å². The summed E-state index contributed by atoms with van der Waals surface area (Å²) in [4.78, 5) is 20.6. The molecule has 42 heavy (non-hydrogen) atoms. The highest BCUT2D eigenvalue weighted by Crippen LogP contribution is 2.40. The van der Waals surface area contributed by atoms with Gasteiger partial charge in [-0.3, -0.25) is 14.6 Å². The summed E-state index contributed by atoms with van der Waals surface area (Å²) in [7, 11) is 6.79. The molecule has 218 valence electrons. The minimum Gasteiger partial charge on any atom is -0.494 e. The average molecular weight is 651 g/mol. The zero-order chi connectivity index (χ0) is 29.8. The first-order valence-corrected chi connectivity index (χ1v) is 16.2. The van der Waals surface area contributed by atoms with Gasteiger partial charge in [0.15, 0.2) is 0 Å². The molecule has 3 aromatic heterocycles. The fourth-order valence-corrected chi connectivity index (χ4v) is 6.13. The third kappa shape index (κ3) is 6.30. The van der Waals surface area contributed by atoms with Crippen LogP contribution in [0.1, 0.15) is 0 Å². The molecule has 0 spiro atoms. The van der Waals surface area contributed by atoms with E-state index in [1.807, 2.05) is 50.8 Å². The molecular formula is C29H33BrN9O2P. The van der Waals surface area contributed by atoms with Crippen LogP contribution in [0.25, 0.3) is 22.2 Å². The number of benzene rings is 2. The highest BCUT2D eigenvalue weighted by molar-refractivity contribution is 9.10. The highest BCUT2D eigenvalue weighted by atomic mass is 79.9. The fourth-order valence-electron chi connectivity index (χ4n) is 4.63. The number of hydrogen-bond acceptors (Lipinski definition) is 10. The number of aromatic nitrogens is 6. The second kappa shape index (κ2) is 13.0. The molecule has 0 amide bonds. The lowest BCUT2D eigenvalue weighted by Gasteiger charge is -2.24. The van der Waals surface area contributed by atoms with Gasteiger partial charge in [0.2, 0.25) is 5.95 Å². The van der Waals surface area contributed by atoms with Gasteiger partial charge in [-0.15, -0.1) is 0 Å². The molecule has 5 rings (SSSR count). The van der Waals surface area contributed by atoms with Crippen LogP contribution >= 0.6 is 23.9 Å². The van der Waals surface area contributed by atoms with E-state index in [1.54, 1.807) is 37.5 Å². The molecule has 5 aromatic rings. The first-order valence-electron chi connectivity index (χ1n) is 13.2. The largest absolute Gasteiger partial charge is 0.494 e. The van der Waals surface area contributed by atoms with Crippen molar-refractivity contribution >= 4 is 69.0 Å². The van der Waals surface area contributed by atoms with E-state index in [0.29, 0.717) is 30.7 Å². The summed E-state index contributed by atoms with van der Waals surface area (Å²) in [6.07, 6.45) is 8.99. The van der Waals surface area contributed by atoms with E-state index in [1.165, 1.54) is 0 Å². The van der Waals surface area contributed by atoms with E-state index in [9.17, 15) is 0 Å². The van der Waals surface area contributed by atoms with E-state index in [0.717, 1.165) is 49.0 Å². The zero-order valence-corrected chi connectivity index (χ0v) is 26.9. The topological polar surface area (TPSA) is 115 Å². The molecule has 0 aliphatic heterocycles. The molecule has 0 aliphatic carbocycles. The van der Waals surface area contributed by atoms with Crippen molar-refractivity contribution in [3.05, 3.63) is 59.7 Å². The first-order chi connectivity index (χ1) is 20.3. The molecule has 2 aromatic carbocycles. The van der Waals surface area contributed by atoms with Crippen LogP contribution in [0, 0.1) is 0 Å². The molecule has 0 saturated heterocycles. The van der Waals surface area contributed by atoms with Gasteiger partial charge in [0.1, 0.15) is 11.6 Å². The van der Waals surface area contributed by atoms with Gasteiger partial charge in [-0.1, -0.05) is 7.92 Å². The van der Waals surface area contributed by atoms with Gasteiger partial charge in [0.05, 0.1) is 41.1 Å². The smallest absolute Gasteiger partial charge is 0.229 e. The maximum atomic E-state index is 5.81. The minimum absolute atomic E-state index is 0.411. The van der Waals surface area contributed by atoms with Gasteiger partial charge in [-0.05, 0) is 47.5 Å². The van der Waals surface area contributed by atoms with Crippen LogP contribution in [0.4, 0.5) is 28.8 Å². The Bertz CT molecular complexity index is 1710. The maximum Gasteiger partial charge on any atom is 0.229 e. The van der Waals surface area contributed by atoms with Crippen LogP contribution in [0.3, 0.4) is 0 Å². The molecule has 0 atom stereocenters. The summed E-state index contributed by atoms with van der Waals surface area (Å²) in [5.41, 5.74) is 6.37. The second-order valence-electron chi connectivity index (χ2n) is 9.81. The van der Waals surface area contributed by atoms with Gasteiger partial charge >= 0.3 is 0 Å². The van der Waals surface area contributed by atoms with Gasteiger partial charge in [-0.25, -0.2) is 4.98 Å². The van der Waals surface area contributed by atoms with Crippen molar-refractivity contribution in [2.75, 3.05) is 63.3 Å². The standard InChI is InChI=1S/C29H33BrN9O2P/c1-38(11-12-40-3)24-14-25(41-4)23(13-19(24)18-15-34-39(2)17-18)36-29-33-16-20(30)28(37-29)35-22-8-7-21-26(27(22)42(5)6)32-10-9-31-21/h7-10,13-17H,11-12H2,1-6H3,(H2,33,35,36,37). The molecule has 2 N–H and O–H groups in total. The molecule has 0 unspecified atom stereocenters. The lowest BCUT2D eigenvalue weighted by Crippen LogP contribution is -2.22. The summed E-state index contributed by atoms with van der Waals surface area (Å²) in [5.74, 6) is 1.69. The SMILES string of the molecule is COCCN(C)c1cc(OC)c(Nc2ncc(Br)c(Nc3ccc4nccnc4c3P(C)C)n2)cc1-c1cnn(C)c1. The zero-order valence-electron chi connectivity index (χ0n) is 24.4. The molecule has 0 saturated carbocycles. The van der Waals surface area contributed by atoms with Crippen molar-refractivity contribution in [3.63, 3.8) is 0 Å². The number of aryl methyl sites for hydroxylation is 1. The molecule has 0 aliphatic rings. The Hall–Kier alpha value is -3.86. The molecule has 13 heteroatoms. The number of fused-ring (bicyclic) bond motifs is 1. The average Bonchev–Trinajstić information content (AvgIpc) is 3.43. The van der Waals surface area contributed by atoms with E-state index >= 15 is 0 Å². The van der Waals surface area contributed by atoms with Crippen LogP contribution in [-0.4, -0.2) is 77.5 Å². The monoisotopic (exact) mass is 649 g/mol. The van der Waals surface area contributed by atoms with Gasteiger partial charge in [0, 0.05) is 86.4 Å². The predicted octanol–water partition coefficient (Wildman–Crippen LogP) is 5.53. The number of methoxy groups -OCH3 is 2. The summed E-state index contributed by atoms with van der Waals surface area (Å²) in [6.45, 7) is 5.71. The number of anilines is 5. The van der Waals surface area contributed by atoms with Crippen molar-refractivity contribution in [1.82, 2.24) is 29.7 Å². The summed E-state index contributed by atoms with van der Waals surface area (Å²) in [5, 5.41) is 12.4. The van der Waals surface area contributed by atoms with Gasteiger partial charge < -0.3 is 25.0 Å². The third-order valence-electron chi connectivity index (χ3n) is 6.68. The Morgan fingerprint density at radius 1 is 1.02 bits per heavy atom. The third-order valence-corrected chi connectivity index (χ3v) is 8.61. The number of ether oxygens (including phenoxy) is 2. The van der Waals surface area contributed by atoms with Crippen molar-refractivity contribution in [3.8, 4) is 16.9 Å². The molecular weight excluding hydrogens is 617 g/mol. The number of nitrogens with one attached hydrogen (secondary N) is 2. The number of nitrogens with zero attached hydrogens (tertiary/aromatic N) is 7. The lowest BCUT2D eigenvalue weighted by molar-refractivity contribution is 0.206.